The van der Waals surface area contributed by atoms with E-state index in [0.29, 0.717) is 37.8 Å². The van der Waals surface area contributed by atoms with Crippen LogP contribution in [0.1, 0.15) is 26.1 Å². The molecule has 7 nitrogen and oxygen atoms in total. The van der Waals surface area contributed by atoms with Gasteiger partial charge in [0.2, 0.25) is 16.4 Å². The van der Waals surface area contributed by atoms with Gasteiger partial charge in [0.25, 0.3) is 0 Å². The summed E-state index contributed by atoms with van der Waals surface area (Å²) in [4.78, 5) is 3.81. The lowest BCUT2D eigenvalue weighted by Crippen LogP contribution is -2.31. The van der Waals surface area contributed by atoms with Gasteiger partial charge in [0.1, 0.15) is 0 Å². The second kappa shape index (κ2) is 7.45. The van der Waals surface area contributed by atoms with Crippen LogP contribution in [0.25, 0.3) is 0 Å². The first-order valence-corrected chi connectivity index (χ1v) is 7.61. The van der Waals surface area contributed by atoms with Crippen molar-refractivity contribution < 1.29 is 12.9 Å². The Morgan fingerprint density at radius 3 is 2.78 bits per heavy atom. The molecule has 0 unspecified atom stereocenters. The summed E-state index contributed by atoms with van der Waals surface area (Å²) in [6.07, 6.45) is 2.25. The standard InChI is InChI=1S/C10H20N4O3S/c1-9(2)11-5-3-7-18(15,16)13-6-4-10-12-8-17-14-10/h8-9,11,13H,3-7H2,1-2H3. The lowest BCUT2D eigenvalue weighted by molar-refractivity contribution is 0.409. The van der Waals surface area contributed by atoms with Crippen LogP contribution in [-0.2, 0) is 16.4 Å². The van der Waals surface area contributed by atoms with Crippen molar-refractivity contribution in [2.45, 2.75) is 32.7 Å². The Bertz CT molecular complexity index is 416. The quantitative estimate of drug-likeness (QED) is 0.612. The SMILES string of the molecule is CC(C)NCCCS(=O)(=O)NCCc1ncon1. The van der Waals surface area contributed by atoms with Crippen molar-refractivity contribution in [2.75, 3.05) is 18.8 Å². The zero-order valence-corrected chi connectivity index (χ0v) is 11.5. The van der Waals surface area contributed by atoms with Crippen LogP contribution in [0.3, 0.4) is 0 Å². The van der Waals surface area contributed by atoms with Gasteiger partial charge in [0.05, 0.1) is 5.75 Å². The van der Waals surface area contributed by atoms with Crippen LogP contribution in [0.2, 0.25) is 0 Å². The van der Waals surface area contributed by atoms with Crippen LogP contribution in [0, 0.1) is 0 Å². The second-order valence-electron chi connectivity index (χ2n) is 4.27. The molecular weight excluding hydrogens is 256 g/mol. The van der Waals surface area contributed by atoms with Crippen molar-refractivity contribution in [2.24, 2.45) is 0 Å². The Hall–Kier alpha value is -0.990. The molecule has 0 aliphatic rings. The molecule has 1 aromatic heterocycles. The van der Waals surface area contributed by atoms with Gasteiger partial charge in [0, 0.05) is 19.0 Å². The van der Waals surface area contributed by atoms with Crippen LogP contribution in [0.15, 0.2) is 10.9 Å². The molecule has 0 saturated heterocycles. The third-order valence-electron chi connectivity index (χ3n) is 2.22. The van der Waals surface area contributed by atoms with Gasteiger partial charge in [-0.25, -0.2) is 13.1 Å². The molecule has 1 rings (SSSR count). The summed E-state index contributed by atoms with van der Waals surface area (Å²) in [7, 11) is -3.21. The Labute approximate surface area is 107 Å². The first-order valence-electron chi connectivity index (χ1n) is 5.95. The maximum atomic E-state index is 11.6. The summed E-state index contributed by atoms with van der Waals surface area (Å²) in [6, 6.07) is 0.374. The first-order chi connectivity index (χ1) is 8.49. The molecule has 104 valence electrons. The number of rotatable bonds is 9. The van der Waals surface area contributed by atoms with E-state index in [1.54, 1.807) is 0 Å². The third-order valence-corrected chi connectivity index (χ3v) is 3.69. The van der Waals surface area contributed by atoms with Gasteiger partial charge in [-0.3, -0.25) is 0 Å². The topological polar surface area (TPSA) is 97.1 Å². The van der Waals surface area contributed by atoms with Crippen molar-refractivity contribution >= 4 is 10.0 Å². The maximum absolute atomic E-state index is 11.6. The molecule has 1 heterocycles. The van der Waals surface area contributed by atoms with E-state index in [4.69, 9.17) is 0 Å². The average molecular weight is 276 g/mol. The highest BCUT2D eigenvalue weighted by Gasteiger charge is 2.09. The van der Waals surface area contributed by atoms with Gasteiger partial charge in [-0.2, -0.15) is 4.98 Å². The molecule has 0 fully saturated rings. The minimum atomic E-state index is -3.21. The van der Waals surface area contributed by atoms with Crippen molar-refractivity contribution in [3.05, 3.63) is 12.2 Å². The summed E-state index contributed by atoms with van der Waals surface area (Å²) in [5.74, 6) is 0.623. The molecular formula is C10H20N4O3S. The van der Waals surface area contributed by atoms with Crippen LogP contribution in [0.4, 0.5) is 0 Å². The van der Waals surface area contributed by atoms with Crippen molar-refractivity contribution in [3.63, 3.8) is 0 Å². The van der Waals surface area contributed by atoms with Crippen molar-refractivity contribution in [1.29, 1.82) is 0 Å². The van der Waals surface area contributed by atoms with Gasteiger partial charge >= 0.3 is 0 Å². The largest absolute Gasteiger partial charge is 0.343 e. The molecule has 0 aliphatic carbocycles. The van der Waals surface area contributed by atoms with E-state index in [1.165, 1.54) is 6.39 Å². The van der Waals surface area contributed by atoms with E-state index >= 15 is 0 Å². The van der Waals surface area contributed by atoms with Crippen molar-refractivity contribution in [1.82, 2.24) is 20.2 Å². The van der Waals surface area contributed by atoms with Crippen LogP contribution >= 0.6 is 0 Å². The summed E-state index contributed by atoms with van der Waals surface area (Å²) < 4.78 is 30.3. The number of nitrogens with one attached hydrogen (secondary N) is 2. The van der Waals surface area contributed by atoms with Crippen LogP contribution in [0.5, 0.6) is 0 Å². The number of hydrogen-bond acceptors (Lipinski definition) is 6. The normalized spacial score (nSPS) is 12.2. The van der Waals surface area contributed by atoms with E-state index in [9.17, 15) is 8.42 Å². The lowest BCUT2D eigenvalue weighted by atomic mass is 10.4. The van der Waals surface area contributed by atoms with E-state index < -0.39 is 10.0 Å². The highest BCUT2D eigenvalue weighted by atomic mass is 32.2. The highest BCUT2D eigenvalue weighted by Crippen LogP contribution is 1.92. The molecule has 0 radical (unpaired) electrons. The molecule has 0 bridgehead atoms. The average Bonchev–Trinajstić information content (AvgIpc) is 2.77. The second-order valence-corrected chi connectivity index (χ2v) is 6.20. The first kappa shape index (κ1) is 15.1. The molecule has 1 aromatic rings. The minimum Gasteiger partial charge on any atom is -0.343 e. The molecule has 8 heteroatoms. The van der Waals surface area contributed by atoms with Gasteiger partial charge in [-0.1, -0.05) is 19.0 Å². The predicted octanol–water partition coefficient (Wildman–Crippen LogP) is -0.0804. The van der Waals surface area contributed by atoms with E-state index in [2.05, 4.69) is 24.7 Å². The number of nitrogens with zero attached hydrogens (tertiary/aromatic N) is 2. The maximum Gasteiger partial charge on any atom is 0.213 e. The smallest absolute Gasteiger partial charge is 0.213 e. The summed E-state index contributed by atoms with van der Waals surface area (Å²) in [6.45, 7) is 5.04. The van der Waals surface area contributed by atoms with E-state index in [-0.39, 0.29) is 5.75 Å². The Morgan fingerprint density at radius 1 is 1.39 bits per heavy atom. The van der Waals surface area contributed by atoms with Gasteiger partial charge in [-0.15, -0.1) is 0 Å². The monoisotopic (exact) mass is 276 g/mol. The number of hydrogen-bond donors (Lipinski definition) is 2. The Balaban J connectivity index is 2.15. The fourth-order valence-electron chi connectivity index (χ4n) is 1.35. The third kappa shape index (κ3) is 6.67. The summed E-state index contributed by atoms with van der Waals surface area (Å²) >= 11 is 0. The minimum absolute atomic E-state index is 0.124. The van der Waals surface area contributed by atoms with E-state index in [0.717, 1.165) is 0 Å². The fourth-order valence-corrected chi connectivity index (χ4v) is 2.43. The summed E-state index contributed by atoms with van der Waals surface area (Å²) in [5, 5.41) is 6.77. The highest BCUT2D eigenvalue weighted by molar-refractivity contribution is 7.89. The molecule has 0 amide bonds. The van der Waals surface area contributed by atoms with Gasteiger partial charge in [0.15, 0.2) is 5.82 Å². The van der Waals surface area contributed by atoms with Crippen molar-refractivity contribution in [3.8, 4) is 0 Å². The lowest BCUT2D eigenvalue weighted by Gasteiger charge is -2.08. The zero-order chi connectivity index (χ0) is 13.4. The molecule has 0 atom stereocenters. The number of aromatic nitrogens is 2. The molecule has 0 spiro atoms. The predicted molar refractivity (Wildman–Crippen MR) is 67.5 cm³/mol. The zero-order valence-electron chi connectivity index (χ0n) is 10.7. The summed E-state index contributed by atoms with van der Waals surface area (Å²) in [5.41, 5.74) is 0. The molecule has 0 aliphatic heterocycles. The molecule has 0 aromatic carbocycles. The molecule has 0 saturated carbocycles. The molecule has 2 N–H and O–H groups in total. The van der Waals surface area contributed by atoms with Crippen LogP contribution < -0.4 is 10.0 Å². The Kier molecular flexibility index (Phi) is 6.23. The van der Waals surface area contributed by atoms with Gasteiger partial charge < -0.3 is 9.84 Å². The number of sulfonamides is 1. The molecule has 18 heavy (non-hydrogen) atoms. The fraction of sp³-hybridized carbons (Fsp3) is 0.800. The van der Waals surface area contributed by atoms with Crippen LogP contribution in [-0.4, -0.2) is 43.4 Å². The van der Waals surface area contributed by atoms with Gasteiger partial charge in [-0.05, 0) is 13.0 Å². The van der Waals surface area contributed by atoms with E-state index in [1.807, 2.05) is 13.8 Å². The Morgan fingerprint density at radius 2 is 2.17 bits per heavy atom.